The SMILES string of the molecule is CC1(C)NC2(CCCCC2)CN(C(C)(C)C)C1=O. The van der Waals surface area contributed by atoms with E-state index in [1.54, 1.807) is 0 Å². The molecule has 0 radical (unpaired) electrons. The molecule has 1 saturated carbocycles. The minimum Gasteiger partial charge on any atom is -0.334 e. The van der Waals surface area contributed by atoms with E-state index in [1.165, 1.54) is 32.1 Å². The summed E-state index contributed by atoms with van der Waals surface area (Å²) in [6.45, 7) is 11.4. The summed E-state index contributed by atoms with van der Waals surface area (Å²) in [7, 11) is 0. The van der Waals surface area contributed by atoms with E-state index in [2.05, 4.69) is 31.0 Å². The first-order chi connectivity index (χ1) is 8.16. The van der Waals surface area contributed by atoms with Gasteiger partial charge in [0.25, 0.3) is 0 Å². The van der Waals surface area contributed by atoms with Crippen molar-refractivity contribution < 1.29 is 4.79 Å². The second-order valence-corrected chi connectivity index (χ2v) is 7.65. The molecule has 1 N–H and O–H groups in total. The van der Waals surface area contributed by atoms with E-state index >= 15 is 0 Å². The number of nitrogens with zero attached hydrogens (tertiary/aromatic N) is 1. The van der Waals surface area contributed by atoms with Crippen LogP contribution in [-0.2, 0) is 4.79 Å². The first-order valence-electron chi connectivity index (χ1n) is 7.28. The Morgan fingerprint density at radius 2 is 1.67 bits per heavy atom. The molecule has 0 unspecified atom stereocenters. The molecule has 0 aromatic heterocycles. The monoisotopic (exact) mass is 252 g/mol. The standard InChI is InChI=1S/C15H28N2O/c1-13(2,3)17-11-15(9-7-6-8-10-15)16-14(4,5)12(17)18/h16H,6-11H2,1-5H3. The van der Waals surface area contributed by atoms with Crippen LogP contribution in [0, 0.1) is 0 Å². The molecule has 1 spiro atoms. The lowest BCUT2D eigenvalue weighted by Gasteiger charge is -2.55. The fraction of sp³-hybridized carbons (Fsp3) is 0.933. The number of hydrogen-bond acceptors (Lipinski definition) is 2. The molecule has 0 atom stereocenters. The molecule has 1 aliphatic carbocycles. The third-order valence-electron chi connectivity index (χ3n) is 4.44. The fourth-order valence-electron chi connectivity index (χ4n) is 3.52. The van der Waals surface area contributed by atoms with Crippen LogP contribution < -0.4 is 5.32 Å². The Balaban J connectivity index is 2.29. The molecule has 2 fully saturated rings. The Kier molecular flexibility index (Phi) is 3.25. The van der Waals surface area contributed by atoms with Crippen molar-refractivity contribution in [3.8, 4) is 0 Å². The number of carbonyl (C=O) groups excluding carboxylic acids is 1. The summed E-state index contributed by atoms with van der Waals surface area (Å²) in [5, 5.41) is 3.67. The van der Waals surface area contributed by atoms with Gasteiger partial charge in [-0.2, -0.15) is 0 Å². The Labute approximate surface area is 111 Å². The third-order valence-corrected chi connectivity index (χ3v) is 4.44. The Hall–Kier alpha value is -0.570. The van der Waals surface area contributed by atoms with E-state index in [0.717, 1.165) is 6.54 Å². The molecule has 1 heterocycles. The van der Waals surface area contributed by atoms with Crippen molar-refractivity contribution in [1.82, 2.24) is 10.2 Å². The summed E-state index contributed by atoms with van der Waals surface area (Å²) in [6, 6.07) is 0. The van der Waals surface area contributed by atoms with E-state index in [9.17, 15) is 4.79 Å². The summed E-state index contributed by atoms with van der Waals surface area (Å²) >= 11 is 0. The molecule has 0 aromatic rings. The van der Waals surface area contributed by atoms with Crippen molar-refractivity contribution in [2.24, 2.45) is 0 Å². The highest BCUT2D eigenvalue weighted by Gasteiger charge is 2.50. The average molecular weight is 252 g/mol. The number of rotatable bonds is 0. The van der Waals surface area contributed by atoms with Crippen molar-refractivity contribution in [3.63, 3.8) is 0 Å². The van der Waals surface area contributed by atoms with Crippen molar-refractivity contribution in [1.29, 1.82) is 0 Å². The van der Waals surface area contributed by atoms with Crippen molar-refractivity contribution in [3.05, 3.63) is 0 Å². The van der Waals surface area contributed by atoms with Crippen LogP contribution in [0.1, 0.15) is 66.7 Å². The molecule has 0 aromatic carbocycles. The summed E-state index contributed by atoms with van der Waals surface area (Å²) in [4.78, 5) is 14.7. The highest BCUT2D eigenvalue weighted by atomic mass is 16.2. The molecule has 1 aliphatic heterocycles. The van der Waals surface area contributed by atoms with E-state index in [1.807, 2.05) is 13.8 Å². The van der Waals surface area contributed by atoms with Gasteiger partial charge in [-0.25, -0.2) is 0 Å². The number of nitrogens with one attached hydrogen (secondary N) is 1. The third kappa shape index (κ3) is 2.42. The number of piperazine rings is 1. The molecular weight excluding hydrogens is 224 g/mol. The maximum absolute atomic E-state index is 12.6. The summed E-state index contributed by atoms with van der Waals surface area (Å²) in [5.74, 6) is 0.242. The van der Waals surface area contributed by atoms with E-state index < -0.39 is 5.54 Å². The summed E-state index contributed by atoms with van der Waals surface area (Å²) in [6.07, 6.45) is 6.32. The van der Waals surface area contributed by atoms with Gasteiger partial charge in [0.05, 0.1) is 5.54 Å². The maximum atomic E-state index is 12.6. The zero-order chi connectivity index (χ0) is 13.6. The van der Waals surface area contributed by atoms with Crippen LogP contribution in [0.4, 0.5) is 0 Å². The van der Waals surface area contributed by atoms with Crippen LogP contribution in [0.15, 0.2) is 0 Å². The zero-order valence-corrected chi connectivity index (χ0v) is 12.6. The van der Waals surface area contributed by atoms with Crippen LogP contribution in [0.2, 0.25) is 0 Å². The lowest BCUT2D eigenvalue weighted by atomic mass is 9.76. The van der Waals surface area contributed by atoms with E-state index in [-0.39, 0.29) is 17.0 Å². The van der Waals surface area contributed by atoms with Gasteiger partial charge < -0.3 is 4.90 Å². The predicted octanol–water partition coefficient (Wildman–Crippen LogP) is 2.70. The number of hydrogen-bond donors (Lipinski definition) is 1. The van der Waals surface area contributed by atoms with Gasteiger partial charge in [0, 0.05) is 17.6 Å². The highest BCUT2D eigenvalue weighted by molar-refractivity contribution is 5.87. The Morgan fingerprint density at radius 1 is 1.11 bits per heavy atom. The van der Waals surface area contributed by atoms with Gasteiger partial charge in [0.1, 0.15) is 0 Å². The Morgan fingerprint density at radius 3 is 2.17 bits per heavy atom. The van der Waals surface area contributed by atoms with Crippen molar-refractivity contribution >= 4 is 5.91 Å². The lowest BCUT2D eigenvalue weighted by molar-refractivity contribution is -0.151. The highest BCUT2D eigenvalue weighted by Crippen LogP contribution is 2.37. The van der Waals surface area contributed by atoms with E-state index in [0.29, 0.717) is 0 Å². The zero-order valence-electron chi connectivity index (χ0n) is 12.6. The molecule has 104 valence electrons. The molecule has 0 bridgehead atoms. The van der Waals surface area contributed by atoms with Gasteiger partial charge in [0.15, 0.2) is 0 Å². The maximum Gasteiger partial charge on any atom is 0.242 e. The van der Waals surface area contributed by atoms with Crippen LogP contribution in [-0.4, -0.2) is 34.0 Å². The minimum absolute atomic E-state index is 0.0824. The summed E-state index contributed by atoms with van der Waals surface area (Å²) < 4.78 is 0. The molecule has 2 aliphatic rings. The number of amides is 1. The van der Waals surface area contributed by atoms with Crippen LogP contribution >= 0.6 is 0 Å². The van der Waals surface area contributed by atoms with Crippen LogP contribution in [0.5, 0.6) is 0 Å². The van der Waals surface area contributed by atoms with Crippen LogP contribution in [0.25, 0.3) is 0 Å². The van der Waals surface area contributed by atoms with E-state index in [4.69, 9.17) is 0 Å². The van der Waals surface area contributed by atoms with Gasteiger partial charge in [-0.3, -0.25) is 10.1 Å². The normalized spacial score (nSPS) is 27.6. The van der Waals surface area contributed by atoms with Gasteiger partial charge >= 0.3 is 0 Å². The second-order valence-electron chi connectivity index (χ2n) is 7.65. The molecule has 3 nitrogen and oxygen atoms in total. The van der Waals surface area contributed by atoms with Crippen molar-refractivity contribution in [2.45, 2.75) is 83.3 Å². The van der Waals surface area contributed by atoms with Gasteiger partial charge in [0.2, 0.25) is 5.91 Å². The van der Waals surface area contributed by atoms with Gasteiger partial charge in [-0.05, 0) is 47.5 Å². The first kappa shape index (κ1) is 13.9. The van der Waals surface area contributed by atoms with Gasteiger partial charge in [-0.1, -0.05) is 19.3 Å². The fourth-order valence-corrected chi connectivity index (χ4v) is 3.52. The summed E-state index contributed by atoms with van der Waals surface area (Å²) in [5.41, 5.74) is -0.354. The van der Waals surface area contributed by atoms with Gasteiger partial charge in [-0.15, -0.1) is 0 Å². The molecular formula is C15H28N2O. The molecule has 18 heavy (non-hydrogen) atoms. The van der Waals surface area contributed by atoms with Crippen LogP contribution in [0.3, 0.4) is 0 Å². The molecule has 1 amide bonds. The molecule has 2 rings (SSSR count). The molecule has 1 saturated heterocycles. The Bertz CT molecular complexity index is 335. The predicted molar refractivity (Wildman–Crippen MR) is 74.5 cm³/mol. The molecule has 3 heteroatoms. The quantitative estimate of drug-likeness (QED) is 0.719. The second kappa shape index (κ2) is 4.22. The number of carbonyl (C=O) groups is 1. The largest absolute Gasteiger partial charge is 0.334 e. The lowest BCUT2D eigenvalue weighted by Crippen LogP contribution is -2.74. The smallest absolute Gasteiger partial charge is 0.242 e. The first-order valence-corrected chi connectivity index (χ1v) is 7.28. The topological polar surface area (TPSA) is 32.3 Å². The van der Waals surface area contributed by atoms with Crippen molar-refractivity contribution in [2.75, 3.05) is 6.54 Å². The average Bonchev–Trinajstić information content (AvgIpc) is 2.23. The minimum atomic E-state index is -0.428.